The van der Waals surface area contributed by atoms with Crippen LogP contribution < -0.4 is 5.32 Å². The second kappa shape index (κ2) is 6.99. The summed E-state index contributed by atoms with van der Waals surface area (Å²) in [5.74, 6) is -0.140. The molecule has 0 saturated heterocycles. The smallest absolute Gasteiger partial charge is 0.252 e. The van der Waals surface area contributed by atoms with Gasteiger partial charge >= 0.3 is 0 Å². The molecule has 5 heteroatoms. The van der Waals surface area contributed by atoms with Crippen molar-refractivity contribution in [3.63, 3.8) is 0 Å². The number of rotatable bonds is 5. The van der Waals surface area contributed by atoms with E-state index in [2.05, 4.69) is 21.2 Å². The molecule has 1 unspecified atom stereocenters. The number of hydrogen-bond donors (Lipinski definition) is 2. The van der Waals surface area contributed by atoms with E-state index in [-0.39, 0.29) is 12.0 Å². The fourth-order valence-corrected chi connectivity index (χ4v) is 2.23. The van der Waals surface area contributed by atoms with Crippen molar-refractivity contribution in [2.24, 2.45) is 0 Å². The maximum atomic E-state index is 11.8. The molecular weight excluding hydrogens is 305 g/mol. The molecule has 0 bridgehead atoms. The summed E-state index contributed by atoms with van der Waals surface area (Å²) in [6.07, 6.45) is 1.12. The Morgan fingerprint density at radius 3 is 2.88 bits per heavy atom. The average molecular weight is 321 g/mol. The SMILES string of the molecule is CC(O)CCCNC(=O)c1ccc(Cl)cc1Br. The van der Waals surface area contributed by atoms with Crippen molar-refractivity contribution in [2.45, 2.75) is 25.9 Å². The van der Waals surface area contributed by atoms with Gasteiger partial charge in [0.15, 0.2) is 0 Å². The quantitative estimate of drug-likeness (QED) is 0.819. The Hall–Kier alpha value is -0.580. The summed E-state index contributed by atoms with van der Waals surface area (Å²) in [5, 5.41) is 12.5. The molecule has 1 aromatic rings. The number of benzene rings is 1. The van der Waals surface area contributed by atoms with Crippen LogP contribution in [0.15, 0.2) is 22.7 Å². The van der Waals surface area contributed by atoms with Crippen LogP contribution >= 0.6 is 27.5 Å². The molecule has 0 aliphatic rings. The van der Waals surface area contributed by atoms with Crippen LogP contribution in [0.1, 0.15) is 30.1 Å². The molecule has 94 valence electrons. The average Bonchev–Trinajstić information content (AvgIpc) is 2.23. The first-order valence-electron chi connectivity index (χ1n) is 5.42. The Labute approximate surface area is 114 Å². The normalized spacial score (nSPS) is 12.2. The molecule has 3 nitrogen and oxygen atoms in total. The first-order chi connectivity index (χ1) is 8.00. The van der Waals surface area contributed by atoms with Crippen molar-refractivity contribution in [3.05, 3.63) is 33.3 Å². The minimum absolute atomic E-state index is 0.140. The van der Waals surface area contributed by atoms with Crippen LogP contribution in [0.3, 0.4) is 0 Å². The van der Waals surface area contributed by atoms with E-state index in [4.69, 9.17) is 16.7 Å². The van der Waals surface area contributed by atoms with E-state index in [0.717, 1.165) is 6.42 Å². The summed E-state index contributed by atoms with van der Waals surface area (Å²) in [6, 6.07) is 5.04. The predicted molar refractivity (Wildman–Crippen MR) is 72.4 cm³/mol. The summed E-state index contributed by atoms with van der Waals surface area (Å²) in [4.78, 5) is 11.8. The second-order valence-corrected chi connectivity index (χ2v) is 5.16. The fraction of sp³-hybridized carbons (Fsp3) is 0.417. The molecule has 0 aliphatic heterocycles. The topological polar surface area (TPSA) is 49.3 Å². The molecule has 0 saturated carbocycles. The lowest BCUT2D eigenvalue weighted by Gasteiger charge is -2.08. The van der Waals surface area contributed by atoms with Crippen LogP contribution in [0.25, 0.3) is 0 Å². The predicted octanol–water partition coefficient (Wildman–Crippen LogP) is 2.99. The molecule has 0 spiro atoms. The van der Waals surface area contributed by atoms with E-state index in [0.29, 0.717) is 28.0 Å². The van der Waals surface area contributed by atoms with E-state index < -0.39 is 0 Å². The first-order valence-corrected chi connectivity index (χ1v) is 6.59. The van der Waals surface area contributed by atoms with Gasteiger partial charge in [0.1, 0.15) is 0 Å². The number of aliphatic hydroxyl groups excluding tert-OH is 1. The number of amides is 1. The monoisotopic (exact) mass is 319 g/mol. The zero-order valence-corrected chi connectivity index (χ0v) is 11.9. The van der Waals surface area contributed by atoms with Gasteiger partial charge in [-0.05, 0) is 53.9 Å². The molecule has 0 aliphatic carbocycles. The molecule has 1 amide bonds. The van der Waals surface area contributed by atoms with E-state index in [1.807, 2.05) is 0 Å². The Morgan fingerprint density at radius 1 is 1.59 bits per heavy atom. The van der Waals surface area contributed by atoms with Gasteiger partial charge in [0.05, 0.1) is 11.7 Å². The Bertz CT molecular complexity index is 396. The third-order valence-electron chi connectivity index (χ3n) is 2.26. The Balaban J connectivity index is 2.47. The van der Waals surface area contributed by atoms with Crippen molar-refractivity contribution >= 4 is 33.4 Å². The third kappa shape index (κ3) is 5.06. The van der Waals surface area contributed by atoms with E-state index in [1.165, 1.54) is 0 Å². The molecule has 1 aromatic carbocycles. The van der Waals surface area contributed by atoms with E-state index in [1.54, 1.807) is 25.1 Å². The molecule has 0 radical (unpaired) electrons. The first kappa shape index (κ1) is 14.5. The largest absolute Gasteiger partial charge is 0.393 e. The highest BCUT2D eigenvalue weighted by atomic mass is 79.9. The minimum Gasteiger partial charge on any atom is -0.393 e. The lowest BCUT2D eigenvalue weighted by molar-refractivity contribution is 0.0949. The number of carbonyl (C=O) groups is 1. The van der Waals surface area contributed by atoms with E-state index >= 15 is 0 Å². The summed E-state index contributed by atoms with van der Waals surface area (Å²) >= 11 is 9.09. The highest BCUT2D eigenvalue weighted by Gasteiger charge is 2.09. The van der Waals surface area contributed by atoms with Crippen LogP contribution in [0, 0.1) is 0 Å². The Morgan fingerprint density at radius 2 is 2.29 bits per heavy atom. The third-order valence-corrected chi connectivity index (χ3v) is 3.15. The lowest BCUT2D eigenvalue weighted by atomic mass is 10.2. The molecular formula is C12H15BrClNO2. The number of carbonyl (C=O) groups excluding carboxylic acids is 1. The highest BCUT2D eigenvalue weighted by molar-refractivity contribution is 9.10. The van der Waals surface area contributed by atoms with Crippen molar-refractivity contribution in [2.75, 3.05) is 6.54 Å². The molecule has 0 fully saturated rings. The second-order valence-electron chi connectivity index (χ2n) is 3.87. The van der Waals surface area contributed by atoms with Crippen molar-refractivity contribution in [1.29, 1.82) is 0 Å². The van der Waals surface area contributed by atoms with Gasteiger partial charge in [-0.25, -0.2) is 0 Å². The number of aliphatic hydroxyl groups is 1. The van der Waals surface area contributed by atoms with Crippen LogP contribution in [0.2, 0.25) is 5.02 Å². The van der Waals surface area contributed by atoms with Gasteiger partial charge in [0.2, 0.25) is 0 Å². The standard InChI is InChI=1S/C12H15BrClNO2/c1-8(16)3-2-6-15-12(17)10-5-4-9(14)7-11(10)13/h4-5,7-8,16H,2-3,6H2,1H3,(H,15,17). The Kier molecular flexibility index (Phi) is 5.95. The lowest BCUT2D eigenvalue weighted by Crippen LogP contribution is -2.25. The maximum absolute atomic E-state index is 11.8. The van der Waals surface area contributed by atoms with Gasteiger partial charge in [-0.2, -0.15) is 0 Å². The zero-order valence-electron chi connectivity index (χ0n) is 9.54. The van der Waals surface area contributed by atoms with Gasteiger partial charge in [0, 0.05) is 16.0 Å². The van der Waals surface area contributed by atoms with E-state index in [9.17, 15) is 4.79 Å². The number of nitrogens with one attached hydrogen (secondary N) is 1. The maximum Gasteiger partial charge on any atom is 0.252 e. The van der Waals surface area contributed by atoms with Crippen molar-refractivity contribution < 1.29 is 9.90 Å². The van der Waals surface area contributed by atoms with Crippen LogP contribution in [0.5, 0.6) is 0 Å². The number of halogens is 2. The van der Waals surface area contributed by atoms with Gasteiger partial charge in [-0.3, -0.25) is 4.79 Å². The minimum atomic E-state index is -0.325. The van der Waals surface area contributed by atoms with Gasteiger partial charge in [-0.1, -0.05) is 11.6 Å². The zero-order chi connectivity index (χ0) is 12.8. The molecule has 17 heavy (non-hydrogen) atoms. The molecule has 2 N–H and O–H groups in total. The van der Waals surface area contributed by atoms with Gasteiger partial charge in [0.25, 0.3) is 5.91 Å². The summed E-state index contributed by atoms with van der Waals surface area (Å²) in [7, 11) is 0. The molecule has 0 heterocycles. The summed E-state index contributed by atoms with van der Waals surface area (Å²) in [5.41, 5.74) is 0.562. The van der Waals surface area contributed by atoms with Crippen molar-refractivity contribution in [3.8, 4) is 0 Å². The number of hydrogen-bond acceptors (Lipinski definition) is 2. The van der Waals surface area contributed by atoms with Crippen molar-refractivity contribution in [1.82, 2.24) is 5.32 Å². The highest BCUT2D eigenvalue weighted by Crippen LogP contribution is 2.21. The molecule has 1 rings (SSSR count). The van der Waals surface area contributed by atoms with Crippen LogP contribution in [-0.2, 0) is 0 Å². The van der Waals surface area contributed by atoms with Crippen LogP contribution in [-0.4, -0.2) is 23.7 Å². The summed E-state index contributed by atoms with van der Waals surface area (Å²) < 4.78 is 0.679. The fourth-order valence-electron chi connectivity index (χ4n) is 1.37. The van der Waals surface area contributed by atoms with Crippen LogP contribution in [0.4, 0.5) is 0 Å². The summed E-state index contributed by atoms with van der Waals surface area (Å²) in [6.45, 7) is 2.29. The molecule has 1 atom stereocenters. The molecule has 0 aromatic heterocycles. The van der Waals surface area contributed by atoms with Gasteiger partial charge in [-0.15, -0.1) is 0 Å². The van der Waals surface area contributed by atoms with Gasteiger partial charge < -0.3 is 10.4 Å².